The van der Waals surface area contributed by atoms with Gasteiger partial charge in [-0.05, 0) is 25.5 Å². The minimum Gasteiger partial charge on any atom is -0.355 e. The molecule has 0 aromatic heterocycles. The topological polar surface area (TPSA) is 63.7 Å². The highest BCUT2D eigenvalue weighted by molar-refractivity contribution is 7.92. The zero-order chi connectivity index (χ0) is 15.5. The molecule has 1 aromatic rings. The van der Waals surface area contributed by atoms with Gasteiger partial charge in [-0.15, -0.1) is 0 Å². The van der Waals surface area contributed by atoms with Gasteiger partial charge in [0.15, 0.2) is 0 Å². The van der Waals surface area contributed by atoms with Gasteiger partial charge >= 0.3 is 0 Å². The molecule has 0 N–H and O–H groups in total. The van der Waals surface area contributed by atoms with Gasteiger partial charge in [0.2, 0.25) is 5.91 Å². The highest BCUT2D eigenvalue weighted by Gasteiger charge is 2.39. The molecule has 1 aliphatic heterocycles. The number of benzene rings is 1. The van der Waals surface area contributed by atoms with Gasteiger partial charge in [-0.25, -0.2) is 12.7 Å². The third-order valence-electron chi connectivity index (χ3n) is 3.05. The quantitative estimate of drug-likeness (QED) is 0.837. The first-order chi connectivity index (χ1) is 9.90. The van der Waals surface area contributed by atoms with Crippen LogP contribution < -0.4 is 0 Å². The van der Waals surface area contributed by atoms with Crippen LogP contribution >= 0.6 is 0 Å². The number of sulfonamides is 1. The Balaban J connectivity index is 2.21. The number of amides is 1. The monoisotopic (exact) mass is 309 g/mol. The summed E-state index contributed by atoms with van der Waals surface area (Å²) in [6, 6.07) is 9.07. The van der Waals surface area contributed by atoms with E-state index in [1.165, 1.54) is 6.08 Å². The molecular weight excluding hydrogens is 290 g/mol. The number of hydrogen-bond donors (Lipinski definition) is 0. The molecule has 114 valence electrons. The predicted octanol–water partition coefficient (Wildman–Crippen LogP) is 2.36. The van der Waals surface area contributed by atoms with Crippen LogP contribution in [0, 0.1) is 0 Å². The molecule has 0 spiro atoms. The van der Waals surface area contributed by atoms with Crippen molar-refractivity contribution in [2.75, 3.05) is 0 Å². The highest BCUT2D eigenvalue weighted by atomic mass is 32.2. The Morgan fingerprint density at radius 3 is 2.57 bits per heavy atom. The lowest BCUT2D eigenvalue weighted by atomic mass is 10.2. The molecule has 0 bridgehead atoms. The molecule has 1 saturated heterocycles. The molecule has 6 heteroatoms. The lowest BCUT2D eigenvalue weighted by Crippen LogP contribution is -2.40. The first-order valence-corrected chi connectivity index (χ1v) is 8.36. The van der Waals surface area contributed by atoms with Crippen LogP contribution in [-0.2, 0) is 19.6 Å². The number of rotatable bonds is 5. The number of nitrogens with zero attached hydrogens (tertiary/aromatic N) is 1. The molecule has 5 nitrogen and oxygen atoms in total. The Hall–Kier alpha value is -1.66. The van der Waals surface area contributed by atoms with Gasteiger partial charge in [0.05, 0.1) is 11.5 Å². The smallest absolute Gasteiger partial charge is 0.261 e. The molecule has 1 atom stereocenters. The highest BCUT2D eigenvalue weighted by Crippen LogP contribution is 2.25. The molecule has 1 heterocycles. The Bertz CT molecular complexity index is 622. The van der Waals surface area contributed by atoms with E-state index in [0.29, 0.717) is 6.42 Å². The van der Waals surface area contributed by atoms with E-state index in [-0.39, 0.29) is 12.5 Å². The lowest BCUT2D eigenvalue weighted by Gasteiger charge is -2.24. The fraction of sp³-hybridized carbons (Fsp3) is 0.400. The summed E-state index contributed by atoms with van der Waals surface area (Å²) in [5.41, 5.74) is 0.758. The number of carbonyl (C=O) groups excluding carboxylic acids is 1. The van der Waals surface area contributed by atoms with Crippen LogP contribution in [0.4, 0.5) is 0 Å². The van der Waals surface area contributed by atoms with Gasteiger partial charge in [0.1, 0.15) is 6.23 Å². The zero-order valence-corrected chi connectivity index (χ0v) is 12.9. The van der Waals surface area contributed by atoms with Crippen LogP contribution in [0.25, 0.3) is 6.08 Å². The van der Waals surface area contributed by atoms with Crippen molar-refractivity contribution in [2.45, 2.75) is 39.0 Å². The maximum atomic E-state index is 12.3. The molecule has 0 radical (unpaired) electrons. The average molecular weight is 309 g/mol. The van der Waals surface area contributed by atoms with Crippen molar-refractivity contribution in [3.8, 4) is 0 Å². The summed E-state index contributed by atoms with van der Waals surface area (Å²) in [6.07, 6.45) is 1.22. The first kappa shape index (κ1) is 15.7. The second-order valence-electron chi connectivity index (χ2n) is 5.13. The van der Waals surface area contributed by atoms with Crippen LogP contribution in [-0.4, -0.2) is 31.0 Å². The van der Waals surface area contributed by atoms with Crippen LogP contribution in [0.15, 0.2) is 35.7 Å². The zero-order valence-electron chi connectivity index (χ0n) is 12.1. The summed E-state index contributed by atoms with van der Waals surface area (Å²) < 4.78 is 31.1. The van der Waals surface area contributed by atoms with E-state index in [1.54, 1.807) is 12.1 Å². The van der Waals surface area contributed by atoms with Crippen molar-refractivity contribution in [3.05, 3.63) is 41.3 Å². The lowest BCUT2D eigenvalue weighted by molar-refractivity contribution is -0.129. The van der Waals surface area contributed by atoms with Crippen LogP contribution in [0.1, 0.15) is 32.3 Å². The summed E-state index contributed by atoms with van der Waals surface area (Å²) in [5, 5.41) is 1.06. The van der Waals surface area contributed by atoms with Gasteiger partial charge in [0.25, 0.3) is 10.0 Å². The standard InChI is InChI=1S/C15H19NO4S/c1-12(2)20-15-9-8-14(17)16(15)21(18,19)11-10-13-6-4-3-5-7-13/h3-7,10-12,15H,8-9H2,1-2H3/b11-10+. The number of carbonyl (C=O) groups is 1. The van der Waals surface area contributed by atoms with Crippen molar-refractivity contribution in [1.82, 2.24) is 4.31 Å². The molecule has 21 heavy (non-hydrogen) atoms. The molecule has 0 aliphatic carbocycles. The summed E-state index contributed by atoms with van der Waals surface area (Å²) in [7, 11) is -3.82. The molecule has 1 aliphatic rings. The van der Waals surface area contributed by atoms with Gasteiger partial charge in [-0.3, -0.25) is 4.79 Å². The van der Waals surface area contributed by atoms with E-state index in [4.69, 9.17) is 4.74 Å². The predicted molar refractivity (Wildman–Crippen MR) is 80.5 cm³/mol. The second kappa shape index (κ2) is 6.41. The van der Waals surface area contributed by atoms with Gasteiger partial charge < -0.3 is 4.74 Å². The molecule has 1 amide bonds. The normalized spacial score (nSPS) is 19.9. The van der Waals surface area contributed by atoms with Crippen molar-refractivity contribution in [2.24, 2.45) is 0 Å². The number of ether oxygens (including phenoxy) is 1. The average Bonchev–Trinajstić information content (AvgIpc) is 2.79. The summed E-state index contributed by atoms with van der Waals surface area (Å²) in [5.74, 6) is -0.418. The van der Waals surface area contributed by atoms with E-state index in [2.05, 4.69) is 0 Å². The van der Waals surface area contributed by atoms with Crippen molar-refractivity contribution in [1.29, 1.82) is 0 Å². The van der Waals surface area contributed by atoms with E-state index in [9.17, 15) is 13.2 Å². The van der Waals surface area contributed by atoms with Gasteiger partial charge in [0, 0.05) is 12.8 Å². The Morgan fingerprint density at radius 1 is 1.29 bits per heavy atom. The molecular formula is C15H19NO4S. The van der Waals surface area contributed by atoms with E-state index < -0.39 is 22.2 Å². The maximum Gasteiger partial charge on any atom is 0.261 e. The van der Waals surface area contributed by atoms with Crippen molar-refractivity contribution < 1.29 is 17.9 Å². The third-order valence-corrected chi connectivity index (χ3v) is 4.52. The van der Waals surface area contributed by atoms with Crippen molar-refractivity contribution >= 4 is 22.0 Å². The minimum atomic E-state index is -3.82. The SMILES string of the molecule is CC(C)OC1CCC(=O)N1S(=O)(=O)/C=C/c1ccccc1. The summed E-state index contributed by atoms with van der Waals surface area (Å²) in [4.78, 5) is 11.9. The van der Waals surface area contributed by atoms with Crippen LogP contribution in [0.2, 0.25) is 0 Å². The second-order valence-corrected chi connectivity index (χ2v) is 6.82. The van der Waals surface area contributed by atoms with E-state index in [0.717, 1.165) is 15.3 Å². The Kier molecular flexibility index (Phi) is 4.80. The number of hydrogen-bond acceptors (Lipinski definition) is 4. The molecule has 1 aromatic carbocycles. The van der Waals surface area contributed by atoms with Crippen LogP contribution in [0.3, 0.4) is 0 Å². The minimum absolute atomic E-state index is 0.142. The largest absolute Gasteiger partial charge is 0.355 e. The maximum absolute atomic E-state index is 12.3. The van der Waals surface area contributed by atoms with E-state index >= 15 is 0 Å². The molecule has 2 rings (SSSR count). The molecule has 0 saturated carbocycles. The molecule has 1 fully saturated rings. The fourth-order valence-electron chi connectivity index (χ4n) is 2.17. The van der Waals surface area contributed by atoms with Gasteiger partial charge in [-0.1, -0.05) is 30.3 Å². The first-order valence-electron chi connectivity index (χ1n) is 6.86. The third kappa shape index (κ3) is 3.92. The van der Waals surface area contributed by atoms with Crippen LogP contribution in [0.5, 0.6) is 0 Å². The fourth-order valence-corrected chi connectivity index (χ4v) is 3.49. The molecule has 1 unspecified atom stereocenters. The van der Waals surface area contributed by atoms with E-state index in [1.807, 2.05) is 32.0 Å². The van der Waals surface area contributed by atoms with Gasteiger partial charge in [-0.2, -0.15) is 0 Å². The Morgan fingerprint density at radius 2 is 1.95 bits per heavy atom. The summed E-state index contributed by atoms with van der Waals surface area (Å²) >= 11 is 0. The Labute approximate surface area is 125 Å². The van der Waals surface area contributed by atoms with Crippen molar-refractivity contribution in [3.63, 3.8) is 0 Å². The summed E-state index contributed by atoms with van der Waals surface area (Å²) in [6.45, 7) is 3.63.